The van der Waals surface area contributed by atoms with Crippen LogP contribution in [0, 0.1) is 0 Å². The van der Waals surface area contributed by atoms with Gasteiger partial charge >= 0.3 is 0 Å². The number of rotatable bonds is 6. The first-order valence-electron chi connectivity index (χ1n) is 6.08. The number of hydrogen-bond acceptors (Lipinski definition) is 3. The van der Waals surface area contributed by atoms with E-state index < -0.39 is 0 Å². The molecule has 0 bridgehead atoms. The summed E-state index contributed by atoms with van der Waals surface area (Å²) in [5, 5.41) is 0. The lowest BCUT2D eigenvalue weighted by Gasteiger charge is -2.34. The van der Waals surface area contributed by atoms with Crippen LogP contribution in [0.15, 0.2) is 12.4 Å². The van der Waals surface area contributed by atoms with Gasteiger partial charge in [-0.3, -0.25) is 9.69 Å². The minimum atomic E-state index is -0.356. The number of likely N-dealkylation sites (N-methyl/N-ethyl adjacent to an activating group) is 1. The summed E-state index contributed by atoms with van der Waals surface area (Å²) < 4.78 is 1.96. The summed E-state index contributed by atoms with van der Waals surface area (Å²) in [6.07, 6.45) is 5.77. The molecule has 1 aromatic rings. The summed E-state index contributed by atoms with van der Waals surface area (Å²) in [5.41, 5.74) is -0.356. The molecule has 1 unspecified atom stereocenters. The van der Waals surface area contributed by atoms with E-state index in [1.807, 2.05) is 43.7 Å². The zero-order valence-corrected chi connectivity index (χ0v) is 11.5. The normalized spacial score (nSPS) is 14.9. The number of nitrogens with zero attached hydrogens (tertiary/aromatic N) is 3. The van der Waals surface area contributed by atoms with Crippen molar-refractivity contribution < 1.29 is 4.79 Å². The Balaban J connectivity index is 2.64. The fraction of sp³-hybridized carbons (Fsp3) is 0.692. The molecule has 1 aromatic heterocycles. The summed E-state index contributed by atoms with van der Waals surface area (Å²) in [6.45, 7) is 4.06. The topological polar surface area (TPSA) is 38.1 Å². The molecule has 0 aliphatic rings. The number of carbonyl (C=O) groups excluding carboxylic acids is 1. The second kappa shape index (κ2) is 5.45. The van der Waals surface area contributed by atoms with Crippen LogP contribution in [0.4, 0.5) is 0 Å². The van der Waals surface area contributed by atoms with Gasteiger partial charge in [0.25, 0.3) is 0 Å². The maximum atomic E-state index is 12.3. The number of imidazole rings is 1. The van der Waals surface area contributed by atoms with Crippen LogP contribution in [0.5, 0.6) is 0 Å². The highest BCUT2D eigenvalue weighted by Gasteiger charge is 2.32. The van der Waals surface area contributed by atoms with Crippen LogP contribution in [0.3, 0.4) is 0 Å². The van der Waals surface area contributed by atoms with E-state index in [2.05, 4.69) is 11.9 Å². The Bertz CT molecular complexity index is 384. The molecule has 0 spiro atoms. The van der Waals surface area contributed by atoms with Gasteiger partial charge in [0.1, 0.15) is 5.82 Å². The van der Waals surface area contributed by atoms with E-state index in [1.54, 1.807) is 6.20 Å². The van der Waals surface area contributed by atoms with Gasteiger partial charge in [0.2, 0.25) is 0 Å². The van der Waals surface area contributed by atoms with Crippen molar-refractivity contribution in [3.8, 4) is 0 Å². The van der Waals surface area contributed by atoms with E-state index in [1.165, 1.54) is 0 Å². The molecule has 1 heterocycles. The standard InChI is InChI=1S/C13H23N3O/c1-6-13(2,15(3)4)11(17)7-8-12-14-9-10-16(12)5/h9-10H,6-8H2,1-5H3. The Hall–Kier alpha value is -1.16. The number of aromatic nitrogens is 2. The fourth-order valence-electron chi connectivity index (χ4n) is 1.89. The molecule has 1 rings (SSSR count). The van der Waals surface area contributed by atoms with Crippen molar-refractivity contribution in [3.63, 3.8) is 0 Å². The van der Waals surface area contributed by atoms with E-state index in [4.69, 9.17) is 0 Å². The highest BCUT2D eigenvalue weighted by molar-refractivity contribution is 5.88. The fourth-order valence-corrected chi connectivity index (χ4v) is 1.89. The third kappa shape index (κ3) is 2.94. The predicted molar refractivity (Wildman–Crippen MR) is 68.9 cm³/mol. The summed E-state index contributed by atoms with van der Waals surface area (Å²) in [5.74, 6) is 1.25. The van der Waals surface area contributed by atoms with Crippen molar-refractivity contribution in [2.75, 3.05) is 14.1 Å². The molecule has 0 amide bonds. The summed E-state index contributed by atoms with van der Waals surface area (Å²) in [6, 6.07) is 0. The van der Waals surface area contributed by atoms with Gasteiger partial charge in [-0.15, -0.1) is 0 Å². The van der Waals surface area contributed by atoms with Gasteiger partial charge < -0.3 is 4.57 Å². The second-order valence-electron chi connectivity index (χ2n) is 4.90. The van der Waals surface area contributed by atoms with Crippen LogP contribution in [-0.4, -0.2) is 39.9 Å². The van der Waals surface area contributed by atoms with Crippen LogP contribution in [0.1, 0.15) is 32.5 Å². The summed E-state index contributed by atoms with van der Waals surface area (Å²) in [7, 11) is 5.88. The Kier molecular flexibility index (Phi) is 4.46. The second-order valence-corrected chi connectivity index (χ2v) is 4.90. The predicted octanol–water partition coefficient (Wildman–Crippen LogP) is 1.65. The minimum absolute atomic E-state index is 0.285. The van der Waals surface area contributed by atoms with Gasteiger partial charge in [-0.2, -0.15) is 0 Å². The van der Waals surface area contributed by atoms with E-state index >= 15 is 0 Å². The monoisotopic (exact) mass is 237 g/mol. The van der Waals surface area contributed by atoms with Crippen molar-refractivity contribution in [2.24, 2.45) is 7.05 Å². The molecule has 0 aromatic carbocycles. The Morgan fingerprint density at radius 1 is 1.53 bits per heavy atom. The number of ketones is 1. The van der Waals surface area contributed by atoms with E-state index in [0.29, 0.717) is 12.8 Å². The lowest BCUT2D eigenvalue weighted by atomic mass is 9.89. The smallest absolute Gasteiger partial charge is 0.153 e. The molecular formula is C13H23N3O. The number of Topliss-reactive ketones (excluding diaryl/α,β-unsaturated/α-hetero) is 1. The first-order chi connectivity index (χ1) is 7.91. The van der Waals surface area contributed by atoms with Crippen LogP contribution < -0.4 is 0 Å². The molecule has 0 saturated carbocycles. The van der Waals surface area contributed by atoms with Crippen molar-refractivity contribution in [1.82, 2.24) is 14.5 Å². The molecule has 0 fully saturated rings. The largest absolute Gasteiger partial charge is 0.338 e. The summed E-state index contributed by atoms with van der Waals surface area (Å²) in [4.78, 5) is 18.5. The summed E-state index contributed by atoms with van der Waals surface area (Å²) >= 11 is 0. The van der Waals surface area contributed by atoms with E-state index in [9.17, 15) is 4.79 Å². The SMILES string of the molecule is CCC(C)(C(=O)CCc1nccn1C)N(C)C. The van der Waals surface area contributed by atoms with Crippen molar-refractivity contribution in [2.45, 2.75) is 38.6 Å². The van der Waals surface area contributed by atoms with Gasteiger partial charge in [-0.1, -0.05) is 6.92 Å². The zero-order chi connectivity index (χ0) is 13.1. The molecule has 0 aliphatic heterocycles. The highest BCUT2D eigenvalue weighted by Crippen LogP contribution is 2.20. The molecule has 4 nitrogen and oxygen atoms in total. The van der Waals surface area contributed by atoms with Crippen LogP contribution in [0.2, 0.25) is 0 Å². The first-order valence-corrected chi connectivity index (χ1v) is 6.08. The molecule has 0 N–H and O–H groups in total. The van der Waals surface area contributed by atoms with Crippen molar-refractivity contribution in [1.29, 1.82) is 0 Å². The minimum Gasteiger partial charge on any atom is -0.338 e. The molecule has 0 aliphatic carbocycles. The molecule has 96 valence electrons. The number of hydrogen-bond donors (Lipinski definition) is 0. The molecule has 0 radical (unpaired) electrons. The van der Waals surface area contributed by atoms with E-state index in [0.717, 1.165) is 12.2 Å². The van der Waals surface area contributed by atoms with Crippen LogP contribution in [-0.2, 0) is 18.3 Å². The van der Waals surface area contributed by atoms with Crippen molar-refractivity contribution >= 4 is 5.78 Å². The maximum absolute atomic E-state index is 12.3. The maximum Gasteiger partial charge on any atom is 0.153 e. The van der Waals surface area contributed by atoms with Crippen LogP contribution >= 0.6 is 0 Å². The molecule has 4 heteroatoms. The van der Waals surface area contributed by atoms with Crippen LogP contribution in [0.25, 0.3) is 0 Å². The third-order valence-corrected chi connectivity index (χ3v) is 3.77. The quantitative estimate of drug-likeness (QED) is 0.755. The number of aryl methyl sites for hydroxylation is 2. The third-order valence-electron chi connectivity index (χ3n) is 3.77. The Morgan fingerprint density at radius 3 is 2.59 bits per heavy atom. The van der Waals surface area contributed by atoms with E-state index in [-0.39, 0.29) is 11.3 Å². The number of carbonyl (C=O) groups is 1. The van der Waals surface area contributed by atoms with Gasteiger partial charge in [0.05, 0.1) is 5.54 Å². The average Bonchev–Trinajstić information content (AvgIpc) is 2.70. The first kappa shape index (κ1) is 13.9. The zero-order valence-electron chi connectivity index (χ0n) is 11.5. The molecule has 1 atom stereocenters. The average molecular weight is 237 g/mol. The lowest BCUT2D eigenvalue weighted by molar-refractivity contribution is -0.129. The van der Waals surface area contributed by atoms with Gasteiger partial charge in [0.15, 0.2) is 5.78 Å². The Labute approximate surface area is 104 Å². The Morgan fingerprint density at radius 2 is 2.18 bits per heavy atom. The van der Waals surface area contributed by atoms with Gasteiger partial charge in [0, 0.05) is 32.3 Å². The molecule has 0 saturated heterocycles. The van der Waals surface area contributed by atoms with Gasteiger partial charge in [-0.05, 0) is 27.4 Å². The molecule has 17 heavy (non-hydrogen) atoms. The molecular weight excluding hydrogens is 214 g/mol. The highest BCUT2D eigenvalue weighted by atomic mass is 16.1. The van der Waals surface area contributed by atoms with Gasteiger partial charge in [-0.25, -0.2) is 4.98 Å². The van der Waals surface area contributed by atoms with Crippen molar-refractivity contribution in [3.05, 3.63) is 18.2 Å². The lowest BCUT2D eigenvalue weighted by Crippen LogP contribution is -2.48.